The molecule has 0 aromatic heterocycles. The Morgan fingerprint density at radius 3 is 2.38 bits per heavy atom. The van der Waals surface area contributed by atoms with E-state index in [4.69, 9.17) is 0 Å². The van der Waals surface area contributed by atoms with Crippen molar-refractivity contribution >= 4 is 0 Å². The van der Waals surface area contributed by atoms with Gasteiger partial charge in [-0.1, -0.05) is 39.5 Å². The maximum absolute atomic E-state index is 14.0. The average Bonchev–Trinajstić information content (AvgIpc) is 2.24. The molecule has 1 aliphatic rings. The van der Waals surface area contributed by atoms with E-state index in [1.54, 1.807) is 6.92 Å². The average molecular weight is 225 g/mol. The zero-order chi connectivity index (χ0) is 12.9. The van der Waals surface area contributed by atoms with Crippen LogP contribution in [0.25, 0.3) is 0 Å². The number of halogens is 1. The Kier molecular flexibility index (Phi) is 5.49. The molecule has 0 radical (unpaired) electrons. The molecule has 2 heteroatoms. The van der Waals surface area contributed by atoms with Crippen molar-refractivity contribution in [1.82, 2.24) is 5.32 Å². The fraction of sp³-hybridized carbons (Fsp3) is 0.571. The molecule has 2 atom stereocenters. The summed E-state index contributed by atoms with van der Waals surface area (Å²) in [6.07, 6.45) is 3.90. The van der Waals surface area contributed by atoms with E-state index in [-0.39, 0.29) is 5.92 Å². The second-order valence-electron chi connectivity index (χ2n) is 3.98. The summed E-state index contributed by atoms with van der Waals surface area (Å²) in [6.45, 7) is 15.2. The van der Waals surface area contributed by atoms with Gasteiger partial charge in [-0.25, -0.2) is 4.39 Å². The Balaban J connectivity index is 0.00000106. The van der Waals surface area contributed by atoms with Gasteiger partial charge in [0.05, 0.1) is 0 Å². The summed E-state index contributed by atoms with van der Waals surface area (Å²) in [5.41, 5.74) is 2.76. The van der Waals surface area contributed by atoms with Gasteiger partial charge in [-0.2, -0.15) is 0 Å². The summed E-state index contributed by atoms with van der Waals surface area (Å²) in [5, 5.41) is 2.79. The lowest BCUT2D eigenvalue weighted by Gasteiger charge is -2.37. The smallest absolute Gasteiger partial charge is 0.184 e. The molecule has 2 unspecified atom stereocenters. The molecule has 1 heterocycles. The van der Waals surface area contributed by atoms with Crippen LogP contribution in [-0.4, -0.2) is 5.79 Å². The number of nitrogens with one attached hydrogen (secondary N) is 1. The highest BCUT2D eigenvalue weighted by Gasteiger charge is 2.37. The normalized spacial score (nSPS) is 29.9. The predicted octanol–water partition coefficient (Wildman–Crippen LogP) is 4.34. The zero-order valence-electron chi connectivity index (χ0n) is 11.3. The highest BCUT2D eigenvalue weighted by atomic mass is 19.1. The summed E-state index contributed by atoms with van der Waals surface area (Å²) < 4.78 is 14.0. The monoisotopic (exact) mass is 225 g/mol. The zero-order valence-corrected chi connectivity index (χ0v) is 11.3. The standard InChI is InChI=1S/C12H18FN.C2H6/c1-6-7-11-8(2)10(4)14-12(5,13)9(11)3;1-2/h6-7,9,14H,4H2,1-3,5H3;1-2H3/b7-6-;. The summed E-state index contributed by atoms with van der Waals surface area (Å²) in [7, 11) is 0. The van der Waals surface area contributed by atoms with E-state index >= 15 is 0 Å². The SMILES string of the molecule is C=C1NC(C)(F)C(C)C(/C=C\C)=C1C.CC. The fourth-order valence-corrected chi connectivity index (χ4v) is 1.74. The van der Waals surface area contributed by atoms with Gasteiger partial charge in [0.1, 0.15) is 0 Å². The van der Waals surface area contributed by atoms with Crippen molar-refractivity contribution in [2.24, 2.45) is 5.92 Å². The van der Waals surface area contributed by atoms with Crippen LogP contribution in [0.1, 0.15) is 41.5 Å². The van der Waals surface area contributed by atoms with Crippen LogP contribution in [0.2, 0.25) is 0 Å². The lowest BCUT2D eigenvalue weighted by atomic mass is 9.84. The molecule has 16 heavy (non-hydrogen) atoms. The first-order valence-electron chi connectivity index (χ1n) is 5.90. The molecule has 0 bridgehead atoms. The number of hydrogen-bond acceptors (Lipinski definition) is 1. The van der Waals surface area contributed by atoms with Gasteiger partial charge in [0.2, 0.25) is 0 Å². The van der Waals surface area contributed by atoms with Gasteiger partial charge in [-0.3, -0.25) is 0 Å². The third-order valence-corrected chi connectivity index (χ3v) is 2.91. The molecule has 92 valence electrons. The molecule has 0 spiro atoms. The second kappa shape index (κ2) is 5.88. The van der Waals surface area contributed by atoms with Gasteiger partial charge in [-0.15, -0.1) is 0 Å². The molecule has 1 aliphatic heterocycles. The molecular weight excluding hydrogens is 201 g/mol. The van der Waals surface area contributed by atoms with Crippen LogP contribution >= 0.6 is 0 Å². The molecule has 0 saturated carbocycles. The van der Waals surface area contributed by atoms with E-state index in [0.717, 1.165) is 11.1 Å². The molecule has 0 fully saturated rings. The van der Waals surface area contributed by atoms with E-state index in [0.29, 0.717) is 5.70 Å². The van der Waals surface area contributed by atoms with Crippen molar-refractivity contribution in [3.63, 3.8) is 0 Å². The van der Waals surface area contributed by atoms with Crippen molar-refractivity contribution in [3.05, 3.63) is 35.6 Å². The lowest BCUT2D eigenvalue weighted by molar-refractivity contribution is 0.0979. The molecule has 0 amide bonds. The van der Waals surface area contributed by atoms with E-state index in [1.807, 2.05) is 46.8 Å². The van der Waals surface area contributed by atoms with Gasteiger partial charge in [0.15, 0.2) is 5.79 Å². The van der Waals surface area contributed by atoms with Crippen molar-refractivity contribution in [2.45, 2.75) is 47.3 Å². The molecule has 0 aromatic rings. The van der Waals surface area contributed by atoms with Crippen LogP contribution < -0.4 is 5.32 Å². The lowest BCUT2D eigenvalue weighted by Crippen LogP contribution is -2.47. The first-order chi connectivity index (χ1) is 7.40. The first kappa shape index (κ1) is 14.9. The fourth-order valence-electron chi connectivity index (χ4n) is 1.74. The summed E-state index contributed by atoms with van der Waals surface area (Å²) in [6, 6.07) is 0. The molecule has 0 aromatic carbocycles. The van der Waals surface area contributed by atoms with Crippen molar-refractivity contribution in [2.75, 3.05) is 0 Å². The van der Waals surface area contributed by atoms with Crippen LogP contribution in [0.3, 0.4) is 0 Å². The van der Waals surface area contributed by atoms with Gasteiger partial charge in [0, 0.05) is 11.6 Å². The quantitative estimate of drug-likeness (QED) is 0.654. The molecule has 1 nitrogen and oxygen atoms in total. The van der Waals surface area contributed by atoms with Crippen LogP contribution in [0.15, 0.2) is 35.6 Å². The molecule has 0 saturated heterocycles. The van der Waals surface area contributed by atoms with Gasteiger partial charge in [0.25, 0.3) is 0 Å². The minimum Gasteiger partial charge on any atom is -0.354 e. The topological polar surface area (TPSA) is 12.0 Å². The van der Waals surface area contributed by atoms with Gasteiger partial charge < -0.3 is 5.32 Å². The van der Waals surface area contributed by atoms with Gasteiger partial charge >= 0.3 is 0 Å². The number of hydrogen-bond donors (Lipinski definition) is 1. The predicted molar refractivity (Wildman–Crippen MR) is 69.8 cm³/mol. The van der Waals surface area contributed by atoms with Crippen LogP contribution in [0.4, 0.5) is 4.39 Å². The van der Waals surface area contributed by atoms with E-state index < -0.39 is 5.79 Å². The maximum atomic E-state index is 14.0. The van der Waals surface area contributed by atoms with Crippen LogP contribution in [-0.2, 0) is 0 Å². The molecular formula is C14H24FN. The summed E-state index contributed by atoms with van der Waals surface area (Å²) in [4.78, 5) is 0. The molecule has 0 aliphatic carbocycles. The van der Waals surface area contributed by atoms with Gasteiger partial charge in [-0.05, 0) is 31.9 Å². The first-order valence-corrected chi connectivity index (χ1v) is 5.90. The van der Waals surface area contributed by atoms with Crippen molar-refractivity contribution < 1.29 is 4.39 Å². The highest BCUT2D eigenvalue weighted by molar-refractivity contribution is 5.42. The van der Waals surface area contributed by atoms with Crippen LogP contribution in [0.5, 0.6) is 0 Å². The number of rotatable bonds is 1. The summed E-state index contributed by atoms with van der Waals surface area (Å²) >= 11 is 0. The Labute approximate surface area is 99.1 Å². The third-order valence-electron chi connectivity index (χ3n) is 2.91. The Bertz CT molecular complexity index is 311. The van der Waals surface area contributed by atoms with Crippen LogP contribution in [0, 0.1) is 5.92 Å². The van der Waals surface area contributed by atoms with E-state index in [9.17, 15) is 4.39 Å². The number of allylic oxidation sites excluding steroid dienone is 3. The largest absolute Gasteiger partial charge is 0.354 e. The molecule has 1 N–H and O–H groups in total. The minimum absolute atomic E-state index is 0.149. The summed E-state index contributed by atoms with van der Waals surface area (Å²) in [5.74, 6) is -1.55. The minimum atomic E-state index is -1.40. The highest BCUT2D eigenvalue weighted by Crippen LogP contribution is 2.35. The van der Waals surface area contributed by atoms with E-state index in [1.165, 1.54) is 0 Å². The van der Waals surface area contributed by atoms with Crippen molar-refractivity contribution in [1.29, 1.82) is 0 Å². The Hall–Kier alpha value is -1.05. The van der Waals surface area contributed by atoms with Crippen molar-refractivity contribution in [3.8, 4) is 0 Å². The second-order valence-corrected chi connectivity index (χ2v) is 3.98. The van der Waals surface area contributed by atoms with E-state index in [2.05, 4.69) is 11.9 Å². The Morgan fingerprint density at radius 2 is 1.94 bits per heavy atom. The third kappa shape index (κ3) is 2.97. The maximum Gasteiger partial charge on any atom is 0.184 e. The Morgan fingerprint density at radius 1 is 1.44 bits per heavy atom. The number of alkyl halides is 1. The molecule has 1 rings (SSSR count).